The van der Waals surface area contributed by atoms with Crippen LogP contribution >= 0.6 is 0 Å². The zero-order valence-corrected chi connectivity index (χ0v) is 20.8. The van der Waals surface area contributed by atoms with Gasteiger partial charge in [0.05, 0.1) is 26.2 Å². The third-order valence-corrected chi connectivity index (χ3v) is 5.76. The summed E-state index contributed by atoms with van der Waals surface area (Å²) >= 11 is 0. The molecule has 2 fully saturated rings. The summed E-state index contributed by atoms with van der Waals surface area (Å²) in [5.74, 6) is -0.712. The summed E-state index contributed by atoms with van der Waals surface area (Å²) < 4.78 is 36.3. The number of hydrogen-bond acceptors (Lipinski definition) is 16. The molecule has 0 spiro atoms. The molecule has 0 radical (unpaired) electrons. The first-order valence-corrected chi connectivity index (χ1v) is 11.1. The van der Waals surface area contributed by atoms with Gasteiger partial charge in [0.15, 0.2) is 30.7 Å². The summed E-state index contributed by atoms with van der Waals surface area (Å²) in [7, 11) is 2.08. The largest absolute Gasteiger partial charge is 0.469 e. The van der Waals surface area contributed by atoms with Gasteiger partial charge in [-0.2, -0.15) is 0 Å². The van der Waals surface area contributed by atoms with Crippen LogP contribution in [0.15, 0.2) is 0 Å². The maximum absolute atomic E-state index is 12.5. The Morgan fingerprint density at radius 2 is 1.27 bits per heavy atom. The zero-order valence-electron chi connectivity index (χ0n) is 20.8. The quantitative estimate of drug-likeness (QED) is 0.162. The van der Waals surface area contributed by atoms with E-state index >= 15 is 0 Å². The summed E-state index contributed by atoms with van der Waals surface area (Å²) in [5.41, 5.74) is 0. The molecule has 16 nitrogen and oxygen atoms in total. The molecule has 2 aliphatic rings. The van der Waals surface area contributed by atoms with Gasteiger partial charge >= 0.3 is 29.8 Å². The highest BCUT2D eigenvalue weighted by atomic mass is 16.7. The van der Waals surface area contributed by atoms with Crippen LogP contribution in [-0.2, 0) is 62.0 Å². The Hall–Kier alpha value is -2.89. The van der Waals surface area contributed by atoms with Crippen molar-refractivity contribution in [2.24, 2.45) is 11.8 Å². The maximum Gasteiger partial charge on any atom is 0.339 e. The van der Waals surface area contributed by atoms with Crippen LogP contribution in [-0.4, -0.2) is 109 Å². The smallest absolute Gasteiger partial charge is 0.339 e. The Morgan fingerprint density at radius 1 is 0.757 bits per heavy atom. The highest BCUT2D eigenvalue weighted by Gasteiger charge is 2.57. The topological polar surface area (TPSA) is 226 Å². The fraction of sp³-hybridized carbons (Fsp3) is 0.762. The average molecular weight is 537 g/mol. The second kappa shape index (κ2) is 13.1. The molecule has 210 valence electrons. The average Bonchev–Trinajstić information content (AvgIpc) is 2.83. The van der Waals surface area contributed by atoms with E-state index in [0.717, 1.165) is 35.0 Å². The molecular weight excluding hydrogens is 506 g/mol. The number of esters is 5. The van der Waals surface area contributed by atoms with Gasteiger partial charge in [0, 0.05) is 20.8 Å². The minimum Gasteiger partial charge on any atom is -0.469 e. The lowest BCUT2D eigenvalue weighted by Crippen LogP contribution is -2.66. The van der Waals surface area contributed by atoms with Gasteiger partial charge in [-0.05, 0) is 6.42 Å². The van der Waals surface area contributed by atoms with E-state index in [1.54, 1.807) is 0 Å². The molecule has 16 heteroatoms. The highest BCUT2D eigenvalue weighted by molar-refractivity contribution is 5.77. The van der Waals surface area contributed by atoms with Gasteiger partial charge in [0.25, 0.3) is 0 Å². The third kappa shape index (κ3) is 7.12. The molecule has 1 heterocycles. The van der Waals surface area contributed by atoms with Crippen molar-refractivity contribution in [1.29, 1.82) is 0 Å². The van der Waals surface area contributed by atoms with Crippen LogP contribution in [0, 0.1) is 5.92 Å². The molecule has 1 aliphatic heterocycles. The van der Waals surface area contributed by atoms with E-state index in [1.165, 1.54) is 0 Å². The number of nitrogens with two attached hydrogens (primary N) is 1. The predicted molar refractivity (Wildman–Crippen MR) is 113 cm³/mol. The van der Waals surface area contributed by atoms with E-state index < -0.39 is 90.9 Å². The van der Waals surface area contributed by atoms with Crippen molar-refractivity contribution in [3.8, 4) is 0 Å². The Bertz CT molecular complexity index is 865. The van der Waals surface area contributed by atoms with Crippen molar-refractivity contribution >= 4 is 29.8 Å². The Labute approximate surface area is 211 Å². The molecule has 2 rings (SSSR count). The molecule has 10 atom stereocenters. The van der Waals surface area contributed by atoms with Crippen molar-refractivity contribution in [2.45, 2.75) is 82.3 Å². The standard InChI is InChI=1S/C21H31NO15/c1-7(23)32-15-16(33-8(2)24)18(34-9(3)25)21(36-17(15)20(29)31-5)35-14-12(26)10(19(28)30-4)6-11(37-22)13(14)27/h10-18,21,26-27H,6,22H2,1-5H3/t10-,11+,12+,13-,14-,15-,16-,17?,18+,21+/m0/s1. The molecule has 0 bridgehead atoms. The fourth-order valence-corrected chi connectivity index (χ4v) is 4.20. The van der Waals surface area contributed by atoms with Gasteiger partial charge in [0.2, 0.25) is 0 Å². The molecule has 1 unspecified atom stereocenters. The summed E-state index contributed by atoms with van der Waals surface area (Å²) in [6, 6.07) is 0. The maximum atomic E-state index is 12.5. The zero-order chi connectivity index (χ0) is 28.0. The van der Waals surface area contributed by atoms with Crippen molar-refractivity contribution in [1.82, 2.24) is 0 Å². The molecule has 4 N–H and O–H groups in total. The third-order valence-electron chi connectivity index (χ3n) is 5.76. The number of carbonyl (C=O) groups excluding carboxylic acids is 5. The van der Waals surface area contributed by atoms with E-state index in [4.69, 9.17) is 39.2 Å². The lowest BCUT2D eigenvalue weighted by atomic mass is 9.80. The fourth-order valence-electron chi connectivity index (χ4n) is 4.20. The lowest BCUT2D eigenvalue weighted by molar-refractivity contribution is -0.330. The van der Waals surface area contributed by atoms with E-state index in [-0.39, 0.29) is 6.42 Å². The molecule has 0 aromatic heterocycles. The Morgan fingerprint density at radius 3 is 1.76 bits per heavy atom. The van der Waals surface area contributed by atoms with Crippen molar-refractivity contribution in [2.75, 3.05) is 14.2 Å². The minimum absolute atomic E-state index is 0.236. The number of ether oxygens (including phenoxy) is 7. The van der Waals surface area contributed by atoms with Gasteiger partial charge in [0.1, 0.15) is 18.3 Å². The summed E-state index contributed by atoms with van der Waals surface area (Å²) in [5, 5.41) is 21.5. The second-order valence-corrected chi connectivity index (χ2v) is 8.29. The Kier molecular flexibility index (Phi) is 10.7. The number of rotatable bonds is 8. The van der Waals surface area contributed by atoms with E-state index in [1.807, 2.05) is 0 Å². The van der Waals surface area contributed by atoms with Crippen molar-refractivity contribution < 1.29 is 72.2 Å². The van der Waals surface area contributed by atoms with Crippen LogP contribution in [0.3, 0.4) is 0 Å². The van der Waals surface area contributed by atoms with Crippen LogP contribution < -0.4 is 5.90 Å². The van der Waals surface area contributed by atoms with E-state index in [0.29, 0.717) is 0 Å². The second-order valence-electron chi connectivity index (χ2n) is 8.29. The van der Waals surface area contributed by atoms with E-state index in [2.05, 4.69) is 4.74 Å². The summed E-state index contributed by atoms with van der Waals surface area (Å²) in [6.45, 7) is 3.02. The van der Waals surface area contributed by atoms with Crippen molar-refractivity contribution in [3.05, 3.63) is 0 Å². The normalized spacial score (nSPS) is 35.6. The lowest BCUT2D eigenvalue weighted by Gasteiger charge is -2.46. The van der Waals surface area contributed by atoms with Gasteiger partial charge < -0.3 is 43.4 Å². The van der Waals surface area contributed by atoms with Crippen LogP contribution in [0.25, 0.3) is 0 Å². The molecule has 37 heavy (non-hydrogen) atoms. The SMILES string of the molecule is COC(=O)C1O[C@@H](O[C@@H]2[C@@H](O)[C@H](ON)C[C@H](C(=O)OC)[C@H]2O)[C@H](OC(C)=O)[C@@H](OC(C)=O)[C@@H]1OC(C)=O. The number of aliphatic hydroxyl groups is 2. The summed E-state index contributed by atoms with van der Waals surface area (Å²) in [4.78, 5) is 65.0. The molecular formula is C21H31NO15. The molecule has 1 saturated carbocycles. The van der Waals surface area contributed by atoms with Crippen LogP contribution in [0.4, 0.5) is 0 Å². The first kappa shape index (κ1) is 30.3. The minimum atomic E-state index is -1.84. The molecule has 0 amide bonds. The molecule has 0 aromatic rings. The number of aliphatic hydroxyl groups excluding tert-OH is 2. The number of hydrogen-bond donors (Lipinski definition) is 3. The van der Waals surface area contributed by atoms with Gasteiger partial charge in [-0.3, -0.25) is 24.0 Å². The van der Waals surface area contributed by atoms with Gasteiger partial charge in [-0.1, -0.05) is 0 Å². The molecule has 0 aromatic carbocycles. The molecule has 1 saturated heterocycles. The summed E-state index contributed by atoms with van der Waals surface area (Å²) in [6.07, 6.45) is -15.1. The predicted octanol–water partition coefficient (Wildman–Crippen LogP) is -2.76. The van der Waals surface area contributed by atoms with Crippen molar-refractivity contribution in [3.63, 3.8) is 0 Å². The highest BCUT2D eigenvalue weighted by Crippen LogP contribution is 2.35. The van der Waals surface area contributed by atoms with Crippen LogP contribution in [0.5, 0.6) is 0 Å². The van der Waals surface area contributed by atoms with E-state index in [9.17, 15) is 34.2 Å². The van der Waals surface area contributed by atoms with Crippen LogP contribution in [0.1, 0.15) is 27.2 Å². The van der Waals surface area contributed by atoms with Crippen LogP contribution in [0.2, 0.25) is 0 Å². The van der Waals surface area contributed by atoms with Gasteiger partial charge in [-0.25, -0.2) is 10.7 Å². The monoisotopic (exact) mass is 537 g/mol. The first-order valence-electron chi connectivity index (χ1n) is 11.1. The Balaban J connectivity index is 2.54. The number of methoxy groups -OCH3 is 2. The van der Waals surface area contributed by atoms with Gasteiger partial charge in [-0.15, -0.1) is 0 Å². The number of carbonyl (C=O) groups is 5. The first-order chi connectivity index (χ1) is 17.4. The molecule has 1 aliphatic carbocycles.